The molecule has 0 aliphatic heterocycles. The molecule has 1 aromatic rings. The van der Waals surface area contributed by atoms with Gasteiger partial charge in [0.25, 0.3) is 0 Å². The van der Waals surface area contributed by atoms with E-state index in [9.17, 15) is 4.79 Å². The van der Waals surface area contributed by atoms with Crippen molar-refractivity contribution in [3.8, 4) is 0 Å². The Balaban J connectivity index is 2.16. The fraction of sp³-hybridized carbons (Fsp3) is 0.600. The van der Waals surface area contributed by atoms with Crippen LogP contribution in [-0.2, 0) is 17.6 Å². The summed E-state index contributed by atoms with van der Waals surface area (Å²) in [5.74, 6) is 0.287. The van der Waals surface area contributed by atoms with E-state index in [-0.39, 0.29) is 11.8 Å². The van der Waals surface area contributed by atoms with E-state index in [1.807, 2.05) is 6.92 Å². The highest BCUT2D eigenvalue weighted by atomic mass is 32.1. The van der Waals surface area contributed by atoms with Crippen molar-refractivity contribution >= 4 is 17.2 Å². The first-order valence-electron chi connectivity index (χ1n) is 4.87. The molecule has 1 amide bonds. The molecule has 0 saturated carbocycles. The molecule has 1 heterocycles. The van der Waals surface area contributed by atoms with Crippen molar-refractivity contribution in [2.24, 2.45) is 5.92 Å². The lowest BCUT2D eigenvalue weighted by molar-refractivity contribution is -0.124. The first-order chi connectivity index (χ1) is 6.70. The van der Waals surface area contributed by atoms with E-state index >= 15 is 0 Å². The number of rotatable bonds is 1. The van der Waals surface area contributed by atoms with Gasteiger partial charge in [0.15, 0.2) is 0 Å². The van der Waals surface area contributed by atoms with Crippen LogP contribution in [0.1, 0.15) is 22.0 Å². The molecule has 76 valence electrons. The summed E-state index contributed by atoms with van der Waals surface area (Å²) in [6.45, 7) is 2.03. The number of nitrogens with one attached hydrogen (secondary N) is 1. The average molecular weight is 210 g/mol. The topological polar surface area (TPSA) is 42.0 Å². The van der Waals surface area contributed by atoms with E-state index in [1.165, 1.54) is 4.88 Å². The molecule has 0 fully saturated rings. The monoisotopic (exact) mass is 210 g/mol. The second-order valence-electron chi connectivity index (χ2n) is 3.66. The fourth-order valence-electron chi connectivity index (χ4n) is 1.94. The predicted octanol–water partition coefficient (Wildman–Crippen LogP) is 1.30. The van der Waals surface area contributed by atoms with E-state index in [4.69, 9.17) is 0 Å². The molecule has 0 bridgehead atoms. The molecule has 1 N–H and O–H groups in total. The summed E-state index contributed by atoms with van der Waals surface area (Å²) < 4.78 is 0. The van der Waals surface area contributed by atoms with Crippen LogP contribution in [0.25, 0.3) is 0 Å². The molecule has 0 spiro atoms. The van der Waals surface area contributed by atoms with Crippen molar-refractivity contribution in [1.82, 2.24) is 10.3 Å². The lowest BCUT2D eigenvalue weighted by Gasteiger charge is -2.19. The number of carbonyl (C=O) groups is 1. The summed E-state index contributed by atoms with van der Waals surface area (Å²) in [5.41, 5.74) is 1.15. The standard InChI is InChI=1S/C10H14N2OS/c1-6-12-8-5-7(10(13)11-2)3-4-9(8)14-6/h7H,3-5H2,1-2H3,(H,11,13). The number of fused-ring (bicyclic) bond motifs is 1. The summed E-state index contributed by atoms with van der Waals surface area (Å²) in [5, 5.41) is 3.83. The molecule has 2 rings (SSSR count). The number of aryl methyl sites for hydroxylation is 2. The zero-order chi connectivity index (χ0) is 10.1. The highest BCUT2D eigenvalue weighted by Crippen LogP contribution is 2.29. The van der Waals surface area contributed by atoms with Crippen LogP contribution in [0.3, 0.4) is 0 Å². The van der Waals surface area contributed by atoms with Crippen LogP contribution in [0.4, 0.5) is 0 Å². The van der Waals surface area contributed by atoms with Gasteiger partial charge in [0, 0.05) is 24.3 Å². The summed E-state index contributed by atoms with van der Waals surface area (Å²) in [4.78, 5) is 17.3. The average Bonchev–Trinajstić information content (AvgIpc) is 2.55. The maximum atomic E-state index is 11.4. The van der Waals surface area contributed by atoms with Gasteiger partial charge >= 0.3 is 0 Å². The molecule has 1 atom stereocenters. The normalized spacial score (nSPS) is 20.3. The SMILES string of the molecule is CNC(=O)C1CCc2sc(C)nc2C1. The molecule has 1 unspecified atom stereocenters. The maximum absolute atomic E-state index is 11.4. The van der Waals surface area contributed by atoms with Crippen molar-refractivity contribution in [1.29, 1.82) is 0 Å². The lowest BCUT2D eigenvalue weighted by Crippen LogP contribution is -2.31. The van der Waals surface area contributed by atoms with Crippen LogP contribution in [0.5, 0.6) is 0 Å². The smallest absolute Gasteiger partial charge is 0.223 e. The molecular weight excluding hydrogens is 196 g/mol. The van der Waals surface area contributed by atoms with Crippen molar-refractivity contribution in [2.45, 2.75) is 26.2 Å². The highest BCUT2D eigenvalue weighted by Gasteiger charge is 2.26. The lowest BCUT2D eigenvalue weighted by atomic mass is 9.90. The Morgan fingerprint density at radius 3 is 3.14 bits per heavy atom. The fourth-order valence-corrected chi connectivity index (χ4v) is 2.92. The third kappa shape index (κ3) is 1.66. The predicted molar refractivity (Wildman–Crippen MR) is 56.4 cm³/mol. The van der Waals surface area contributed by atoms with Crippen molar-refractivity contribution in [2.75, 3.05) is 7.05 Å². The number of aromatic nitrogens is 1. The summed E-state index contributed by atoms with van der Waals surface area (Å²) in [6.07, 6.45) is 2.80. The Bertz CT molecular complexity index is 359. The second kappa shape index (κ2) is 3.69. The minimum atomic E-state index is 0.133. The Labute approximate surface area is 87.6 Å². The van der Waals surface area contributed by atoms with E-state index < -0.39 is 0 Å². The largest absolute Gasteiger partial charge is 0.359 e. The number of hydrogen-bond donors (Lipinski definition) is 1. The van der Waals surface area contributed by atoms with E-state index in [1.54, 1.807) is 18.4 Å². The summed E-state index contributed by atoms with van der Waals surface area (Å²) in [7, 11) is 1.70. The molecule has 0 radical (unpaired) electrons. The Kier molecular flexibility index (Phi) is 2.54. The zero-order valence-corrected chi connectivity index (χ0v) is 9.28. The van der Waals surface area contributed by atoms with Crippen LogP contribution in [-0.4, -0.2) is 17.9 Å². The molecule has 3 nitrogen and oxygen atoms in total. The van der Waals surface area contributed by atoms with Gasteiger partial charge in [-0.05, 0) is 19.8 Å². The number of amides is 1. The van der Waals surface area contributed by atoms with Gasteiger partial charge in [-0.1, -0.05) is 0 Å². The third-order valence-corrected chi connectivity index (χ3v) is 3.73. The van der Waals surface area contributed by atoms with Crippen LogP contribution in [0, 0.1) is 12.8 Å². The number of thiazole rings is 1. The van der Waals surface area contributed by atoms with Gasteiger partial charge < -0.3 is 5.32 Å². The number of hydrogen-bond acceptors (Lipinski definition) is 3. The minimum Gasteiger partial charge on any atom is -0.359 e. The molecule has 4 heteroatoms. The van der Waals surface area contributed by atoms with Gasteiger partial charge in [-0.25, -0.2) is 4.98 Å². The minimum absolute atomic E-state index is 0.133. The van der Waals surface area contributed by atoms with Crippen LogP contribution < -0.4 is 5.32 Å². The van der Waals surface area contributed by atoms with Crippen molar-refractivity contribution in [3.05, 3.63) is 15.6 Å². The van der Waals surface area contributed by atoms with Gasteiger partial charge in [0.2, 0.25) is 5.91 Å². The molecule has 1 aliphatic carbocycles. The summed E-state index contributed by atoms with van der Waals surface area (Å²) in [6, 6.07) is 0. The van der Waals surface area contributed by atoms with Gasteiger partial charge in [0.1, 0.15) is 0 Å². The van der Waals surface area contributed by atoms with Crippen LogP contribution in [0.2, 0.25) is 0 Å². The highest BCUT2D eigenvalue weighted by molar-refractivity contribution is 7.11. The second-order valence-corrected chi connectivity index (χ2v) is 4.94. The summed E-state index contributed by atoms with van der Waals surface area (Å²) >= 11 is 1.77. The zero-order valence-electron chi connectivity index (χ0n) is 8.46. The van der Waals surface area contributed by atoms with Crippen molar-refractivity contribution in [3.63, 3.8) is 0 Å². The van der Waals surface area contributed by atoms with Gasteiger partial charge in [-0.2, -0.15) is 0 Å². The first-order valence-corrected chi connectivity index (χ1v) is 5.69. The Hall–Kier alpha value is -0.900. The van der Waals surface area contributed by atoms with E-state index in [2.05, 4.69) is 10.3 Å². The van der Waals surface area contributed by atoms with Gasteiger partial charge in [-0.3, -0.25) is 4.79 Å². The maximum Gasteiger partial charge on any atom is 0.223 e. The number of carbonyl (C=O) groups excluding carboxylic acids is 1. The molecule has 0 aromatic carbocycles. The molecule has 14 heavy (non-hydrogen) atoms. The van der Waals surface area contributed by atoms with Crippen LogP contribution in [0.15, 0.2) is 0 Å². The molecule has 1 aliphatic rings. The van der Waals surface area contributed by atoms with E-state index in [0.29, 0.717) is 0 Å². The molecule has 1 aromatic heterocycles. The molecule has 0 saturated heterocycles. The van der Waals surface area contributed by atoms with Gasteiger partial charge in [0.05, 0.1) is 10.7 Å². The van der Waals surface area contributed by atoms with Gasteiger partial charge in [-0.15, -0.1) is 11.3 Å². The number of nitrogens with zero attached hydrogens (tertiary/aromatic N) is 1. The van der Waals surface area contributed by atoms with Crippen molar-refractivity contribution < 1.29 is 4.79 Å². The third-order valence-electron chi connectivity index (χ3n) is 2.66. The quantitative estimate of drug-likeness (QED) is 0.759. The van der Waals surface area contributed by atoms with Crippen LogP contribution >= 0.6 is 11.3 Å². The Morgan fingerprint density at radius 1 is 1.64 bits per heavy atom. The Morgan fingerprint density at radius 2 is 2.43 bits per heavy atom. The van der Waals surface area contributed by atoms with E-state index in [0.717, 1.165) is 30.0 Å². The first kappa shape index (κ1) is 9.65. The molecular formula is C10H14N2OS.